The molecule has 0 spiro atoms. The minimum absolute atomic E-state index is 0.193. The Labute approximate surface area is 91.5 Å². The lowest BCUT2D eigenvalue weighted by molar-refractivity contribution is 0.457. The van der Waals surface area contributed by atoms with Crippen LogP contribution in [-0.4, -0.2) is 6.54 Å². The van der Waals surface area contributed by atoms with Gasteiger partial charge in [0.25, 0.3) is 0 Å². The van der Waals surface area contributed by atoms with Gasteiger partial charge >= 0.3 is 0 Å². The maximum Gasteiger partial charge on any atom is 0.185 e. The minimum Gasteiger partial charge on any atom is -0.380 e. The van der Waals surface area contributed by atoms with Gasteiger partial charge in [0.05, 0.1) is 0 Å². The summed E-state index contributed by atoms with van der Waals surface area (Å²) in [6.07, 6.45) is 0.650. The standard InChI is InChI=1S/C11H13F4N/c1-6(2)3-4-16-11-9(14)7(12)5-8(13)10(11)15/h5-6,16H,3-4H2,1-2H3. The zero-order valence-electron chi connectivity index (χ0n) is 9.08. The monoisotopic (exact) mass is 235 g/mol. The second-order valence-corrected chi connectivity index (χ2v) is 3.95. The Morgan fingerprint density at radius 1 is 1.06 bits per heavy atom. The molecule has 0 amide bonds. The molecule has 0 aliphatic rings. The molecule has 5 heteroatoms. The average molecular weight is 235 g/mol. The van der Waals surface area contributed by atoms with Gasteiger partial charge in [0, 0.05) is 12.6 Å². The molecule has 1 rings (SSSR count). The van der Waals surface area contributed by atoms with Crippen LogP contribution in [0.15, 0.2) is 6.07 Å². The van der Waals surface area contributed by atoms with E-state index in [-0.39, 0.29) is 12.6 Å². The molecule has 0 radical (unpaired) electrons. The van der Waals surface area contributed by atoms with Crippen molar-refractivity contribution in [3.63, 3.8) is 0 Å². The number of hydrogen-bond donors (Lipinski definition) is 1. The Balaban J connectivity index is 2.86. The third-order valence-corrected chi connectivity index (χ3v) is 2.14. The van der Waals surface area contributed by atoms with Crippen molar-refractivity contribution in [1.29, 1.82) is 0 Å². The van der Waals surface area contributed by atoms with Crippen LogP contribution in [0, 0.1) is 29.2 Å². The quantitative estimate of drug-likeness (QED) is 0.619. The summed E-state index contributed by atoms with van der Waals surface area (Å²) in [4.78, 5) is 0. The molecule has 0 aliphatic heterocycles. The molecule has 1 nitrogen and oxygen atoms in total. The van der Waals surface area contributed by atoms with E-state index in [0.717, 1.165) is 0 Å². The van der Waals surface area contributed by atoms with Gasteiger partial charge in [0.1, 0.15) is 5.69 Å². The number of hydrogen-bond acceptors (Lipinski definition) is 1. The summed E-state index contributed by atoms with van der Waals surface area (Å²) < 4.78 is 51.8. The molecule has 1 N–H and O–H groups in total. The molecule has 0 atom stereocenters. The van der Waals surface area contributed by atoms with E-state index in [4.69, 9.17) is 0 Å². The van der Waals surface area contributed by atoms with E-state index in [0.29, 0.717) is 12.3 Å². The molecule has 90 valence electrons. The van der Waals surface area contributed by atoms with E-state index in [1.54, 1.807) is 0 Å². The lowest BCUT2D eigenvalue weighted by Gasteiger charge is -2.11. The van der Waals surface area contributed by atoms with Crippen molar-refractivity contribution in [2.75, 3.05) is 11.9 Å². The highest BCUT2D eigenvalue weighted by molar-refractivity contribution is 5.47. The lowest BCUT2D eigenvalue weighted by Crippen LogP contribution is -2.10. The first kappa shape index (κ1) is 12.8. The van der Waals surface area contributed by atoms with E-state index in [1.165, 1.54) is 0 Å². The molecule has 0 aromatic heterocycles. The fourth-order valence-electron chi connectivity index (χ4n) is 1.21. The smallest absolute Gasteiger partial charge is 0.185 e. The number of nitrogens with one attached hydrogen (secondary N) is 1. The normalized spacial score (nSPS) is 10.9. The zero-order valence-corrected chi connectivity index (χ0v) is 9.08. The van der Waals surface area contributed by atoms with Crippen LogP contribution in [0.4, 0.5) is 23.2 Å². The summed E-state index contributed by atoms with van der Waals surface area (Å²) in [5.74, 6) is -5.24. The van der Waals surface area contributed by atoms with E-state index >= 15 is 0 Å². The van der Waals surface area contributed by atoms with Gasteiger partial charge in [-0.05, 0) is 12.3 Å². The van der Waals surface area contributed by atoms with Crippen LogP contribution in [0.25, 0.3) is 0 Å². The predicted octanol–water partition coefficient (Wildman–Crippen LogP) is 3.70. The molecule has 1 aromatic carbocycles. The first-order chi connectivity index (χ1) is 7.43. The van der Waals surface area contributed by atoms with Gasteiger partial charge in [-0.1, -0.05) is 13.8 Å². The fraction of sp³-hybridized carbons (Fsp3) is 0.455. The van der Waals surface area contributed by atoms with E-state index in [9.17, 15) is 17.6 Å². The summed E-state index contributed by atoms with van der Waals surface area (Å²) in [5, 5.41) is 2.36. The second-order valence-electron chi connectivity index (χ2n) is 3.95. The molecular weight excluding hydrogens is 222 g/mol. The number of benzene rings is 1. The largest absolute Gasteiger partial charge is 0.380 e. The Kier molecular flexibility index (Phi) is 4.15. The zero-order chi connectivity index (χ0) is 12.3. The molecule has 0 fully saturated rings. The number of anilines is 1. The molecule has 16 heavy (non-hydrogen) atoms. The second kappa shape index (κ2) is 5.18. The Morgan fingerprint density at radius 2 is 1.56 bits per heavy atom. The summed E-state index contributed by atoms with van der Waals surface area (Å²) in [5.41, 5.74) is -0.738. The summed E-state index contributed by atoms with van der Waals surface area (Å²) in [6.45, 7) is 4.12. The van der Waals surface area contributed by atoms with Crippen molar-refractivity contribution in [3.05, 3.63) is 29.3 Å². The molecule has 0 aliphatic carbocycles. The highest BCUT2D eigenvalue weighted by Crippen LogP contribution is 2.24. The van der Waals surface area contributed by atoms with Crippen molar-refractivity contribution < 1.29 is 17.6 Å². The Bertz CT molecular complexity index is 350. The van der Waals surface area contributed by atoms with E-state index in [2.05, 4.69) is 5.32 Å². The maximum atomic E-state index is 13.1. The molecule has 0 bridgehead atoms. The van der Waals surface area contributed by atoms with Crippen LogP contribution in [-0.2, 0) is 0 Å². The number of halogens is 4. The van der Waals surface area contributed by atoms with Crippen molar-refractivity contribution in [2.24, 2.45) is 5.92 Å². The molecule has 1 aromatic rings. The van der Waals surface area contributed by atoms with Crippen LogP contribution >= 0.6 is 0 Å². The van der Waals surface area contributed by atoms with Gasteiger partial charge in [0.2, 0.25) is 0 Å². The van der Waals surface area contributed by atoms with Crippen molar-refractivity contribution in [3.8, 4) is 0 Å². The van der Waals surface area contributed by atoms with Crippen LogP contribution < -0.4 is 5.32 Å². The minimum atomic E-state index is -1.40. The fourth-order valence-corrected chi connectivity index (χ4v) is 1.21. The topological polar surface area (TPSA) is 12.0 Å². The van der Waals surface area contributed by atoms with Gasteiger partial charge in [-0.15, -0.1) is 0 Å². The van der Waals surface area contributed by atoms with Crippen molar-refractivity contribution in [1.82, 2.24) is 0 Å². The maximum absolute atomic E-state index is 13.1. The third-order valence-electron chi connectivity index (χ3n) is 2.14. The van der Waals surface area contributed by atoms with Crippen LogP contribution in [0.2, 0.25) is 0 Å². The molecular formula is C11H13F4N. The predicted molar refractivity (Wildman–Crippen MR) is 54.2 cm³/mol. The molecule has 0 saturated heterocycles. The molecule has 0 unspecified atom stereocenters. The highest BCUT2D eigenvalue weighted by Gasteiger charge is 2.18. The van der Waals surface area contributed by atoms with Crippen LogP contribution in [0.3, 0.4) is 0 Å². The Morgan fingerprint density at radius 3 is 2.00 bits per heavy atom. The van der Waals surface area contributed by atoms with Gasteiger partial charge < -0.3 is 5.32 Å². The first-order valence-electron chi connectivity index (χ1n) is 5.00. The Hall–Kier alpha value is -1.26. The number of rotatable bonds is 4. The molecule has 0 heterocycles. The summed E-state index contributed by atoms with van der Waals surface area (Å²) in [7, 11) is 0. The summed E-state index contributed by atoms with van der Waals surface area (Å²) >= 11 is 0. The van der Waals surface area contributed by atoms with Crippen LogP contribution in [0.5, 0.6) is 0 Å². The van der Waals surface area contributed by atoms with Crippen molar-refractivity contribution >= 4 is 5.69 Å². The highest BCUT2D eigenvalue weighted by atomic mass is 19.2. The molecule has 0 saturated carbocycles. The van der Waals surface area contributed by atoms with Gasteiger partial charge in [-0.3, -0.25) is 0 Å². The van der Waals surface area contributed by atoms with Crippen molar-refractivity contribution in [2.45, 2.75) is 20.3 Å². The van der Waals surface area contributed by atoms with Gasteiger partial charge in [0.15, 0.2) is 23.3 Å². The SMILES string of the molecule is CC(C)CCNc1c(F)c(F)cc(F)c1F. The van der Waals surface area contributed by atoms with Gasteiger partial charge in [-0.25, -0.2) is 17.6 Å². The van der Waals surface area contributed by atoms with E-state index in [1.807, 2.05) is 13.8 Å². The van der Waals surface area contributed by atoms with E-state index < -0.39 is 29.0 Å². The van der Waals surface area contributed by atoms with Gasteiger partial charge in [-0.2, -0.15) is 0 Å². The first-order valence-corrected chi connectivity index (χ1v) is 5.00. The third kappa shape index (κ3) is 2.87. The van der Waals surface area contributed by atoms with Crippen LogP contribution in [0.1, 0.15) is 20.3 Å². The lowest BCUT2D eigenvalue weighted by atomic mass is 10.1. The average Bonchev–Trinajstić information content (AvgIpc) is 2.20. The summed E-state index contributed by atoms with van der Waals surface area (Å²) in [6, 6.07) is 0.193.